The lowest BCUT2D eigenvalue weighted by atomic mass is 9.90. The molecule has 0 unspecified atom stereocenters. The standard InChI is InChI=1S/C16H20O2/c17-16-8-4-5-12-11-14(9-10-15(12)16)18-13-6-2-1-3-7-13/h9-11,13H,1-8H2. The van der Waals surface area contributed by atoms with Crippen molar-refractivity contribution in [2.75, 3.05) is 0 Å². The first-order chi connectivity index (χ1) is 8.83. The average molecular weight is 244 g/mol. The molecule has 1 aromatic rings. The average Bonchev–Trinajstić information content (AvgIpc) is 2.40. The van der Waals surface area contributed by atoms with Gasteiger partial charge in [-0.3, -0.25) is 4.79 Å². The molecule has 18 heavy (non-hydrogen) atoms. The zero-order valence-corrected chi connectivity index (χ0v) is 10.8. The predicted octanol–water partition coefficient (Wildman–Crippen LogP) is 3.92. The second kappa shape index (κ2) is 5.13. The van der Waals surface area contributed by atoms with Gasteiger partial charge >= 0.3 is 0 Å². The number of Topliss-reactive ketones (excluding diaryl/α,β-unsaturated/α-hetero) is 1. The van der Waals surface area contributed by atoms with Crippen molar-refractivity contribution in [2.45, 2.75) is 57.5 Å². The molecule has 0 heterocycles. The van der Waals surface area contributed by atoms with Crippen LogP contribution in [0.3, 0.4) is 0 Å². The second-order valence-electron chi connectivity index (χ2n) is 5.47. The van der Waals surface area contributed by atoms with Crippen LogP contribution in [0, 0.1) is 0 Å². The van der Waals surface area contributed by atoms with E-state index in [0.29, 0.717) is 18.3 Å². The summed E-state index contributed by atoms with van der Waals surface area (Å²) in [5.74, 6) is 1.25. The summed E-state index contributed by atoms with van der Waals surface area (Å²) in [6, 6.07) is 6.01. The molecule has 1 saturated carbocycles. The molecule has 0 radical (unpaired) electrons. The van der Waals surface area contributed by atoms with Crippen LogP contribution in [-0.4, -0.2) is 11.9 Å². The third kappa shape index (κ3) is 2.43. The van der Waals surface area contributed by atoms with E-state index >= 15 is 0 Å². The van der Waals surface area contributed by atoms with Crippen LogP contribution in [0.5, 0.6) is 5.75 Å². The fourth-order valence-corrected chi connectivity index (χ4v) is 3.07. The van der Waals surface area contributed by atoms with E-state index in [1.54, 1.807) is 0 Å². The predicted molar refractivity (Wildman–Crippen MR) is 71.2 cm³/mol. The monoisotopic (exact) mass is 244 g/mol. The highest BCUT2D eigenvalue weighted by atomic mass is 16.5. The highest BCUT2D eigenvalue weighted by Gasteiger charge is 2.19. The third-order valence-corrected chi connectivity index (χ3v) is 4.08. The molecule has 0 saturated heterocycles. The van der Waals surface area contributed by atoms with Gasteiger partial charge in [0.1, 0.15) is 5.75 Å². The Labute approximate surface area is 108 Å². The Hall–Kier alpha value is -1.31. The maximum atomic E-state index is 11.7. The van der Waals surface area contributed by atoms with E-state index in [9.17, 15) is 4.79 Å². The minimum Gasteiger partial charge on any atom is -0.490 e. The Balaban J connectivity index is 1.75. The van der Waals surface area contributed by atoms with Gasteiger partial charge in [0.15, 0.2) is 5.78 Å². The van der Waals surface area contributed by atoms with E-state index < -0.39 is 0 Å². The van der Waals surface area contributed by atoms with Crippen LogP contribution in [0.15, 0.2) is 18.2 Å². The van der Waals surface area contributed by atoms with Crippen LogP contribution in [0.25, 0.3) is 0 Å². The number of carbonyl (C=O) groups excluding carboxylic acids is 1. The number of ether oxygens (including phenoxy) is 1. The van der Waals surface area contributed by atoms with Crippen LogP contribution in [-0.2, 0) is 6.42 Å². The van der Waals surface area contributed by atoms with Crippen molar-refractivity contribution in [3.8, 4) is 5.75 Å². The molecular formula is C16H20O2. The van der Waals surface area contributed by atoms with Crippen molar-refractivity contribution in [3.05, 3.63) is 29.3 Å². The number of hydrogen-bond acceptors (Lipinski definition) is 2. The molecular weight excluding hydrogens is 224 g/mol. The second-order valence-corrected chi connectivity index (χ2v) is 5.47. The molecule has 2 aliphatic carbocycles. The Bertz CT molecular complexity index is 444. The molecule has 1 aromatic carbocycles. The zero-order valence-electron chi connectivity index (χ0n) is 10.8. The summed E-state index contributed by atoms with van der Waals surface area (Å²) >= 11 is 0. The van der Waals surface area contributed by atoms with Crippen LogP contribution < -0.4 is 4.74 Å². The largest absolute Gasteiger partial charge is 0.490 e. The zero-order chi connectivity index (χ0) is 12.4. The topological polar surface area (TPSA) is 26.3 Å². The molecule has 0 spiro atoms. The number of benzene rings is 1. The summed E-state index contributed by atoms with van der Waals surface area (Å²) in [7, 11) is 0. The molecule has 1 fully saturated rings. The Morgan fingerprint density at radius 2 is 1.83 bits per heavy atom. The Kier molecular flexibility index (Phi) is 3.35. The minimum absolute atomic E-state index is 0.292. The minimum atomic E-state index is 0.292. The molecule has 2 nitrogen and oxygen atoms in total. The molecule has 0 aliphatic heterocycles. The normalized spacial score (nSPS) is 20.6. The fourth-order valence-electron chi connectivity index (χ4n) is 3.07. The Morgan fingerprint density at radius 3 is 2.67 bits per heavy atom. The van der Waals surface area contributed by atoms with Gasteiger partial charge in [-0.1, -0.05) is 6.42 Å². The maximum Gasteiger partial charge on any atom is 0.163 e. The SMILES string of the molecule is O=C1CCCc2cc(OC3CCCCC3)ccc21. The van der Waals surface area contributed by atoms with Crippen molar-refractivity contribution in [1.29, 1.82) is 0 Å². The third-order valence-electron chi connectivity index (χ3n) is 4.08. The molecule has 0 bridgehead atoms. The van der Waals surface area contributed by atoms with E-state index in [1.807, 2.05) is 12.1 Å². The van der Waals surface area contributed by atoms with Crippen LogP contribution in [0.2, 0.25) is 0 Å². The van der Waals surface area contributed by atoms with Crippen LogP contribution in [0.1, 0.15) is 60.9 Å². The van der Waals surface area contributed by atoms with Gasteiger partial charge in [-0.05, 0) is 62.3 Å². The van der Waals surface area contributed by atoms with Gasteiger partial charge in [-0.15, -0.1) is 0 Å². The van der Waals surface area contributed by atoms with E-state index in [-0.39, 0.29) is 0 Å². The molecule has 0 atom stereocenters. The first-order valence-electron chi connectivity index (χ1n) is 7.16. The highest BCUT2D eigenvalue weighted by Crippen LogP contribution is 2.28. The van der Waals surface area contributed by atoms with Crippen molar-refractivity contribution >= 4 is 5.78 Å². The summed E-state index contributed by atoms with van der Waals surface area (Å²) in [4.78, 5) is 11.7. The van der Waals surface area contributed by atoms with Crippen molar-refractivity contribution < 1.29 is 9.53 Å². The van der Waals surface area contributed by atoms with E-state index in [1.165, 1.54) is 37.7 Å². The van der Waals surface area contributed by atoms with Crippen molar-refractivity contribution in [2.24, 2.45) is 0 Å². The lowest BCUT2D eigenvalue weighted by Crippen LogP contribution is -2.20. The molecule has 3 rings (SSSR count). The smallest absolute Gasteiger partial charge is 0.163 e. The van der Waals surface area contributed by atoms with Gasteiger partial charge in [0.25, 0.3) is 0 Å². The van der Waals surface area contributed by atoms with Gasteiger partial charge in [0, 0.05) is 12.0 Å². The maximum absolute atomic E-state index is 11.7. The summed E-state index contributed by atoms with van der Waals surface area (Å²) < 4.78 is 6.05. The lowest BCUT2D eigenvalue weighted by Gasteiger charge is -2.24. The lowest BCUT2D eigenvalue weighted by molar-refractivity contribution is 0.0972. The van der Waals surface area contributed by atoms with Crippen LogP contribution in [0.4, 0.5) is 0 Å². The van der Waals surface area contributed by atoms with Gasteiger partial charge in [0.2, 0.25) is 0 Å². The molecule has 2 heteroatoms. The first-order valence-corrected chi connectivity index (χ1v) is 7.16. The highest BCUT2D eigenvalue weighted by molar-refractivity contribution is 5.98. The van der Waals surface area contributed by atoms with E-state index in [0.717, 1.165) is 24.2 Å². The van der Waals surface area contributed by atoms with E-state index in [2.05, 4.69) is 6.07 Å². The van der Waals surface area contributed by atoms with Crippen LogP contribution >= 0.6 is 0 Å². The van der Waals surface area contributed by atoms with Gasteiger partial charge in [-0.2, -0.15) is 0 Å². The van der Waals surface area contributed by atoms with Gasteiger partial charge < -0.3 is 4.74 Å². The number of fused-ring (bicyclic) bond motifs is 1. The number of aryl methyl sites for hydroxylation is 1. The molecule has 0 amide bonds. The van der Waals surface area contributed by atoms with Gasteiger partial charge in [0.05, 0.1) is 6.10 Å². The quantitative estimate of drug-likeness (QED) is 0.788. The number of hydrogen-bond donors (Lipinski definition) is 0. The molecule has 2 aliphatic rings. The summed E-state index contributed by atoms with van der Waals surface area (Å²) in [6.45, 7) is 0. The fraction of sp³-hybridized carbons (Fsp3) is 0.562. The van der Waals surface area contributed by atoms with Crippen molar-refractivity contribution in [3.63, 3.8) is 0 Å². The molecule has 0 N–H and O–H groups in total. The number of carbonyl (C=O) groups is 1. The van der Waals surface area contributed by atoms with Crippen molar-refractivity contribution in [1.82, 2.24) is 0 Å². The van der Waals surface area contributed by atoms with Gasteiger partial charge in [-0.25, -0.2) is 0 Å². The summed E-state index contributed by atoms with van der Waals surface area (Å²) in [6.07, 6.45) is 9.36. The van der Waals surface area contributed by atoms with E-state index in [4.69, 9.17) is 4.74 Å². The molecule has 96 valence electrons. The Morgan fingerprint density at radius 1 is 1.00 bits per heavy atom. The molecule has 0 aromatic heterocycles. The summed E-state index contributed by atoms with van der Waals surface area (Å²) in [5, 5.41) is 0. The summed E-state index contributed by atoms with van der Waals surface area (Å²) in [5.41, 5.74) is 2.09. The number of ketones is 1. The first kappa shape index (κ1) is 11.8. The number of rotatable bonds is 2.